The summed E-state index contributed by atoms with van der Waals surface area (Å²) < 4.78 is 26.3. The van der Waals surface area contributed by atoms with Crippen LogP contribution < -0.4 is 0 Å². The van der Waals surface area contributed by atoms with Crippen LogP contribution in [0.4, 0.5) is 0 Å². The number of aryl methyl sites for hydroxylation is 2. The van der Waals surface area contributed by atoms with Crippen molar-refractivity contribution >= 4 is 27.3 Å². The molecule has 0 saturated carbocycles. The molecular formula is C12H15NO4S2. The molecule has 0 amide bonds. The lowest BCUT2D eigenvalue weighted by Gasteiger charge is -2.28. The Morgan fingerprint density at radius 1 is 1.42 bits per heavy atom. The van der Waals surface area contributed by atoms with Crippen LogP contribution >= 0.6 is 11.3 Å². The van der Waals surface area contributed by atoms with Gasteiger partial charge in [0.15, 0.2) is 0 Å². The fourth-order valence-corrected chi connectivity index (χ4v) is 5.11. The number of carboxylic acid groups (broad SMARTS) is 1. The van der Waals surface area contributed by atoms with Gasteiger partial charge in [-0.3, -0.25) is 4.79 Å². The van der Waals surface area contributed by atoms with Crippen molar-refractivity contribution in [2.45, 2.75) is 30.5 Å². The second-order valence-corrected chi connectivity index (χ2v) is 7.81. The summed E-state index contributed by atoms with van der Waals surface area (Å²) in [5.74, 6) is -1.11. The average Bonchev–Trinajstić information content (AvgIpc) is 2.70. The molecule has 0 spiro atoms. The second-order valence-electron chi connectivity index (χ2n) is 4.44. The van der Waals surface area contributed by atoms with Crippen molar-refractivity contribution in [3.63, 3.8) is 0 Å². The molecule has 1 aliphatic heterocycles. The third kappa shape index (κ3) is 2.58. The summed E-state index contributed by atoms with van der Waals surface area (Å²) in [7, 11) is -3.74. The Labute approximate surface area is 116 Å². The highest BCUT2D eigenvalue weighted by Crippen LogP contribution is 2.30. The highest BCUT2D eigenvalue weighted by molar-refractivity contribution is 7.91. The zero-order valence-electron chi connectivity index (χ0n) is 10.7. The lowest BCUT2D eigenvalue weighted by molar-refractivity contribution is -0.141. The van der Waals surface area contributed by atoms with Crippen LogP contribution in [0.2, 0.25) is 0 Å². The molecule has 104 valence electrons. The summed E-state index contributed by atoms with van der Waals surface area (Å²) >= 11 is 1.18. The van der Waals surface area contributed by atoms with Crippen LogP contribution in [0.25, 0.3) is 0 Å². The minimum atomic E-state index is -3.74. The van der Waals surface area contributed by atoms with E-state index in [1.54, 1.807) is 18.2 Å². The van der Waals surface area contributed by atoms with E-state index in [2.05, 4.69) is 0 Å². The van der Waals surface area contributed by atoms with E-state index in [-0.39, 0.29) is 17.2 Å². The fraction of sp³-hybridized carbons (Fsp3) is 0.417. The predicted octanol–water partition coefficient (Wildman–Crippen LogP) is 1.77. The zero-order valence-corrected chi connectivity index (χ0v) is 12.3. The standard InChI is InChI=1S/C12H15NO4S2/c1-8-7-11(18-9(8)2)19(16,17)13-6-4-3-5-10(13)12(14)15/h3-4,7,10H,5-6H2,1-2H3,(H,14,15). The third-order valence-electron chi connectivity index (χ3n) is 3.15. The van der Waals surface area contributed by atoms with Crippen molar-refractivity contribution < 1.29 is 18.3 Å². The van der Waals surface area contributed by atoms with Crippen LogP contribution in [0.3, 0.4) is 0 Å². The maximum absolute atomic E-state index is 12.5. The first kappa shape index (κ1) is 14.2. The topological polar surface area (TPSA) is 74.7 Å². The van der Waals surface area contributed by atoms with Gasteiger partial charge in [-0.1, -0.05) is 12.2 Å². The number of aliphatic carboxylic acids is 1. The largest absolute Gasteiger partial charge is 0.480 e. The van der Waals surface area contributed by atoms with E-state index in [0.717, 1.165) is 14.7 Å². The van der Waals surface area contributed by atoms with E-state index in [9.17, 15) is 13.2 Å². The van der Waals surface area contributed by atoms with Gasteiger partial charge in [0, 0.05) is 11.4 Å². The Hall–Kier alpha value is -1.18. The molecule has 0 aromatic carbocycles. The Bertz CT molecular complexity index is 611. The number of hydrogen-bond acceptors (Lipinski definition) is 4. The van der Waals surface area contributed by atoms with Gasteiger partial charge in [0.25, 0.3) is 10.0 Å². The highest BCUT2D eigenvalue weighted by atomic mass is 32.2. The van der Waals surface area contributed by atoms with Crippen molar-refractivity contribution in [2.24, 2.45) is 0 Å². The van der Waals surface area contributed by atoms with Crippen LogP contribution in [0.15, 0.2) is 22.4 Å². The molecule has 0 radical (unpaired) electrons. The van der Waals surface area contributed by atoms with Gasteiger partial charge in [0.1, 0.15) is 10.3 Å². The minimum Gasteiger partial charge on any atom is -0.480 e. The average molecular weight is 301 g/mol. The van der Waals surface area contributed by atoms with E-state index in [1.165, 1.54) is 11.3 Å². The molecule has 1 aromatic rings. The molecule has 5 nitrogen and oxygen atoms in total. The number of carboxylic acids is 1. The molecule has 7 heteroatoms. The van der Waals surface area contributed by atoms with Crippen molar-refractivity contribution in [1.29, 1.82) is 0 Å². The van der Waals surface area contributed by atoms with Gasteiger partial charge in [0.05, 0.1) is 0 Å². The van der Waals surface area contributed by atoms with E-state index in [0.29, 0.717) is 0 Å². The lowest BCUT2D eigenvalue weighted by Crippen LogP contribution is -2.46. The summed E-state index contributed by atoms with van der Waals surface area (Å²) in [4.78, 5) is 12.1. The van der Waals surface area contributed by atoms with Crippen LogP contribution in [0.1, 0.15) is 16.9 Å². The van der Waals surface area contributed by atoms with Crippen LogP contribution in [-0.4, -0.2) is 36.4 Å². The van der Waals surface area contributed by atoms with Gasteiger partial charge in [-0.25, -0.2) is 8.42 Å². The van der Waals surface area contributed by atoms with Crippen LogP contribution in [0.5, 0.6) is 0 Å². The smallest absolute Gasteiger partial charge is 0.322 e. The number of hydrogen-bond donors (Lipinski definition) is 1. The summed E-state index contributed by atoms with van der Waals surface area (Å²) in [6.07, 6.45) is 3.60. The molecule has 1 atom stereocenters. The molecule has 1 aliphatic rings. The summed E-state index contributed by atoms with van der Waals surface area (Å²) in [6.45, 7) is 3.80. The van der Waals surface area contributed by atoms with Gasteiger partial charge in [-0.05, 0) is 31.9 Å². The van der Waals surface area contributed by atoms with E-state index in [1.807, 2.05) is 13.8 Å². The molecule has 0 aliphatic carbocycles. The number of sulfonamides is 1. The van der Waals surface area contributed by atoms with Crippen LogP contribution in [0, 0.1) is 13.8 Å². The zero-order chi connectivity index (χ0) is 14.2. The summed E-state index contributed by atoms with van der Waals surface area (Å²) in [5, 5.41) is 9.14. The fourth-order valence-electron chi connectivity index (χ4n) is 1.92. The third-order valence-corrected chi connectivity index (χ3v) is 6.63. The maximum atomic E-state index is 12.5. The monoisotopic (exact) mass is 301 g/mol. The summed E-state index contributed by atoms with van der Waals surface area (Å²) in [5.41, 5.74) is 0.906. The maximum Gasteiger partial charge on any atom is 0.322 e. The molecule has 0 saturated heterocycles. The number of carbonyl (C=O) groups is 1. The predicted molar refractivity (Wildman–Crippen MR) is 72.9 cm³/mol. The molecule has 1 N–H and O–H groups in total. The van der Waals surface area contributed by atoms with Crippen molar-refractivity contribution in [3.8, 4) is 0 Å². The van der Waals surface area contributed by atoms with Gasteiger partial charge in [-0.2, -0.15) is 4.31 Å². The number of thiophene rings is 1. The second kappa shape index (κ2) is 5.07. The van der Waals surface area contributed by atoms with Gasteiger partial charge < -0.3 is 5.11 Å². The normalized spacial score (nSPS) is 20.6. The molecule has 0 fully saturated rings. The molecule has 1 aromatic heterocycles. The van der Waals surface area contributed by atoms with Crippen LogP contribution in [-0.2, 0) is 14.8 Å². The Balaban J connectivity index is 2.43. The number of nitrogens with zero attached hydrogens (tertiary/aromatic N) is 1. The van der Waals surface area contributed by atoms with Crippen molar-refractivity contribution in [3.05, 3.63) is 28.7 Å². The Kier molecular flexibility index (Phi) is 3.80. The van der Waals surface area contributed by atoms with Gasteiger partial charge in [-0.15, -0.1) is 11.3 Å². The molecule has 1 unspecified atom stereocenters. The van der Waals surface area contributed by atoms with Crippen molar-refractivity contribution in [2.75, 3.05) is 6.54 Å². The van der Waals surface area contributed by atoms with E-state index in [4.69, 9.17) is 5.11 Å². The first-order chi connectivity index (χ1) is 8.84. The Morgan fingerprint density at radius 3 is 2.63 bits per heavy atom. The molecular weight excluding hydrogens is 286 g/mol. The SMILES string of the molecule is Cc1cc(S(=O)(=O)N2CC=CCC2C(=O)O)sc1C. The van der Waals surface area contributed by atoms with E-state index >= 15 is 0 Å². The molecule has 2 rings (SSSR count). The number of rotatable bonds is 3. The minimum absolute atomic E-state index is 0.106. The van der Waals surface area contributed by atoms with E-state index < -0.39 is 22.0 Å². The van der Waals surface area contributed by atoms with Gasteiger partial charge in [0.2, 0.25) is 0 Å². The molecule has 19 heavy (non-hydrogen) atoms. The highest BCUT2D eigenvalue weighted by Gasteiger charge is 2.37. The molecule has 2 heterocycles. The quantitative estimate of drug-likeness (QED) is 0.863. The molecule has 0 bridgehead atoms. The lowest BCUT2D eigenvalue weighted by atomic mass is 10.1. The Morgan fingerprint density at radius 2 is 2.11 bits per heavy atom. The summed E-state index contributed by atoms with van der Waals surface area (Å²) in [6, 6.07) is 0.588. The van der Waals surface area contributed by atoms with Gasteiger partial charge >= 0.3 is 5.97 Å². The first-order valence-corrected chi connectivity index (χ1v) is 8.06. The first-order valence-electron chi connectivity index (χ1n) is 5.80. The van der Waals surface area contributed by atoms with Crippen molar-refractivity contribution in [1.82, 2.24) is 4.31 Å².